The molecule has 0 saturated heterocycles. The first-order valence-electron chi connectivity index (χ1n) is 4.57. The molecule has 4 nitrogen and oxygen atoms in total. The van der Waals surface area contributed by atoms with Gasteiger partial charge in [0.1, 0.15) is 0 Å². The normalized spacial score (nSPS) is 15.0. The molecule has 0 aliphatic rings. The zero-order chi connectivity index (χ0) is 10.5. The van der Waals surface area contributed by atoms with Gasteiger partial charge in [-0.2, -0.15) is 0 Å². The third-order valence-corrected chi connectivity index (χ3v) is 2.36. The molecule has 0 aliphatic carbocycles. The lowest BCUT2D eigenvalue weighted by Crippen LogP contribution is -2.48. The molecule has 0 amide bonds. The number of hydrogen-bond acceptors (Lipinski definition) is 4. The van der Waals surface area contributed by atoms with Crippen molar-refractivity contribution in [1.29, 1.82) is 0 Å². The molecule has 0 saturated carbocycles. The summed E-state index contributed by atoms with van der Waals surface area (Å²) in [6.07, 6.45) is -0.655. The molecule has 80 valence electrons. The first-order valence-corrected chi connectivity index (χ1v) is 4.57. The van der Waals surface area contributed by atoms with Crippen LogP contribution in [0.4, 0.5) is 0 Å². The van der Waals surface area contributed by atoms with Crippen LogP contribution in [0.1, 0.15) is 13.8 Å². The number of aliphatic hydroxyl groups is 2. The number of hydrogen-bond donors (Lipinski definition) is 3. The van der Waals surface area contributed by atoms with Gasteiger partial charge in [-0.1, -0.05) is 0 Å². The minimum atomic E-state index is -0.655. The number of nitrogens with zero attached hydrogens (tertiary/aromatic N) is 1. The van der Waals surface area contributed by atoms with Gasteiger partial charge in [-0.15, -0.1) is 0 Å². The Balaban J connectivity index is 3.63. The lowest BCUT2D eigenvalue weighted by atomic mass is 10.0. The Bertz CT molecular complexity index is 138. The fourth-order valence-corrected chi connectivity index (χ4v) is 0.767. The lowest BCUT2D eigenvalue weighted by molar-refractivity contribution is 0.0894. The molecule has 0 spiro atoms. The minimum Gasteiger partial charge on any atom is -0.394 e. The Morgan fingerprint density at radius 1 is 1.38 bits per heavy atom. The van der Waals surface area contributed by atoms with E-state index in [1.54, 1.807) is 0 Å². The second-order valence-electron chi connectivity index (χ2n) is 4.17. The highest BCUT2D eigenvalue weighted by Gasteiger charge is 2.19. The predicted molar refractivity (Wildman–Crippen MR) is 53.7 cm³/mol. The molecular formula is C9H22N2O2. The van der Waals surface area contributed by atoms with Gasteiger partial charge in [-0.25, -0.2) is 0 Å². The van der Waals surface area contributed by atoms with Crippen LogP contribution in [0.15, 0.2) is 0 Å². The molecular weight excluding hydrogens is 168 g/mol. The molecule has 0 aromatic heterocycles. The lowest BCUT2D eigenvalue weighted by Gasteiger charge is -2.33. The van der Waals surface area contributed by atoms with Gasteiger partial charge in [0.15, 0.2) is 0 Å². The maximum absolute atomic E-state index is 9.07. The number of aliphatic hydroxyl groups excluding tert-OH is 2. The van der Waals surface area contributed by atoms with Gasteiger partial charge in [0.25, 0.3) is 0 Å². The van der Waals surface area contributed by atoms with Crippen molar-refractivity contribution in [2.24, 2.45) is 0 Å². The largest absolute Gasteiger partial charge is 0.394 e. The Labute approximate surface area is 80.6 Å². The molecule has 4 heteroatoms. The van der Waals surface area contributed by atoms with Crippen molar-refractivity contribution in [1.82, 2.24) is 10.2 Å². The Morgan fingerprint density at radius 2 is 1.92 bits per heavy atom. The average Bonchev–Trinajstić information content (AvgIpc) is 2.03. The highest BCUT2D eigenvalue weighted by molar-refractivity contribution is 4.79. The van der Waals surface area contributed by atoms with Gasteiger partial charge in [-0.05, 0) is 27.9 Å². The zero-order valence-corrected chi connectivity index (χ0v) is 9.04. The minimum absolute atomic E-state index is 0.0647. The number of rotatable bonds is 6. The molecule has 0 aliphatic heterocycles. The van der Waals surface area contributed by atoms with Crippen molar-refractivity contribution < 1.29 is 10.2 Å². The summed E-state index contributed by atoms with van der Waals surface area (Å²) >= 11 is 0. The second-order valence-corrected chi connectivity index (χ2v) is 4.17. The first-order chi connectivity index (χ1) is 5.90. The highest BCUT2D eigenvalue weighted by Crippen LogP contribution is 2.07. The highest BCUT2D eigenvalue weighted by atomic mass is 16.3. The van der Waals surface area contributed by atoms with Crippen LogP contribution in [-0.4, -0.2) is 60.5 Å². The maximum atomic E-state index is 9.07. The van der Waals surface area contributed by atoms with E-state index in [0.29, 0.717) is 6.54 Å². The molecule has 3 N–H and O–H groups in total. The molecule has 0 fully saturated rings. The summed E-state index contributed by atoms with van der Waals surface area (Å²) in [5, 5.41) is 20.7. The molecule has 0 heterocycles. The van der Waals surface area contributed by atoms with E-state index in [-0.39, 0.29) is 12.1 Å². The van der Waals surface area contributed by atoms with E-state index in [1.807, 2.05) is 14.1 Å². The summed E-state index contributed by atoms with van der Waals surface area (Å²) in [5.74, 6) is 0. The third kappa shape index (κ3) is 5.21. The maximum Gasteiger partial charge on any atom is 0.0894 e. The van der Waals surface area contributed by atoms with Gasteiger partial charge in [0.2, 0.25) is 0 Å². The van der Waals surface area contributed by atoms with Crippen LogP contribution in [0.2, 0.25) is 0 Å². The second kappa shape index (κ2) is 5.54. The van der Waals surface area contributed by atoms with Crippen LogP contribution in [0.3, 0.4) is 0 Å². The summed E-state index contributed by atoms with van der Waals surface area (Å²) < 4.78 is 0. The summed E-state index contributed by atoms with van der Waals surface area (Å²) in [6, 6.07) is 0. The summed E-state index contributed by atoms with van der Waals surface area (Å²) in [6.45, 7) is 5.27. The van der Waals surface area contributed by atoms with Crippen molar-refractivity contribution in [3.05, 3.63) is 0 Å². The molecule has 0 unspecified atom stereocenters. The van der Waals surface area contributed by atoms with Crippen molar-refractivity contribution in [3.63, 3.8) is 0 Å². The fourth-order valence-electron chi connectivity index (χ4n) is 0.767. The standard InChI is InChI=1S/C9H22N2O2/c1-9(2,11(3)4)7-10-5-8(13)6-12/h8,10,12-13H,5-7H2,1-4H3/t8-/m0/s1. The topological polar surface area (TPSA) is 55.7 Å². The van der Waals surface area contributed by atoms with E-state index in [2.05, 4.69) is 24.1 Å². The van der Waals surface area contributed by atoms with Crippen molar-refractivity contribution in [2.45, 2.75) is 25.5 Å². The van der Waals surface area contributed by atoms with E-state index in [1.165, 1.54) is 0 Å². The third-order valence-electron chi connectivity index (χ3n) is 2.36. The predicted octanol–water partition coefficient (Wildman–Crippen LogP) is -0.731. The van der Waals surface area contributed by atoms with Crippen LogP contribution in [0, 0.1) is 0 Å². The smallest absolute Gasteiger partial charge is 0.0894 e. The Hall–Kier alpha value is -0.160. The van der Waals surface area contributed by atoms with Gasteiger partial charge in [0, 0.05) is 18.6 Å². The van der Waals surface area contributed by atoms with Gasteiger partial charge in [0.05, 0.1) is 12.7 Å². The molecule has 0 bridgehead atoms. The summed E-state index contributed by atoms with van der Waals surface area (Å²) in [7, 11) is 4.04. The van der Waals surface area contributed by atoms with Crippen LogP contribution >= 0.6 is 0 Å². The van der Waals surface area contributed by atoms with Crippen LogP contribution in [0.5, 0.6) is 0 Å². The molecule has 0 rings (SSSR count). The molecule has 0 radical (unpaired) electrons. The van der Waals surface area contributed by atoms with E-state index < -0.39 is 6.10 Å². The average molecular weight is 190 g/mol. The summed E-state index contributed by atoms with van der Waals surface area (Å²) in [4.78, 5) is 2.12. The molecule has 0 aromatic carbocycles. The Morgan fingerprint density at radius 3 is 2.31 bits per heavy atom. The van der Waals surface area contributed by atoms with Gasteiger partial charge >= 0.3 is 0 Å². The molecule has 1 atom stereocenters. The Kier molecular flexibility index (Phi) is 5.48. The zero-order valence-electron chi connectivity index (χ0n) is 9.04. The quantitative estimate of drug-likeness (QED) is 0.517. The van der Waals surface area contributed by atoms with Crippen molar-refractivity contribution in [2.75, 3.05) is 33.8 Å². The number of likely N-dealkylation sites (N-methyl/N-ethyl adjacent to an activating group) is 1. The molecule has 0 aromatic rings. The van der Waals surface area contributed by atoms with Gasteiger partial charge in [-0.3, -0.25) is 0 Å². The van der Waals surface area contributed by atoms with Crippen LogP contribution in [-0.2, 0) is 0 Å². The van der Waals surface area contributed by atoms with E-state index in [4.69, 9.17) is 10.2 Å². The molecule has 13 heavy (non-hydrogen) atoms. The van der Waals surface area contributed by atoms with Gasteiger partial charge < -0.3 is 20.4 Å². The monoisotopic (exact) mass is 190 g/mol. The van der Waals surface area contributed by atoms with Crippen molar-refractivity contribution in [3.8, 4) is 0 Å². The van der Waals surface area contributed by atoms with Crippen LogP contribution < -0.4 is 5.32 Å². The van der Waals surface area contributed by atoms with E-state index >= 15 is 0 Å². The van der Waals surface area contributed by atoms with E-state index in [0.717, 1.165) is 6.54 Å². The SMILES string of the molecule is CN(C)C(C)(C)CNC[C@H](O)CO. The first kappa shape index (κ1) is 12.8. The number of nitrogens with one attached hydrogen (secondary N) is 1. The van der Waals surface area contributed by atoms with Crippen molar-refractivity contribution >= 4 is 0 Å². The fraction of sp³-hybridized carbons (Fsp3) is 1.00. The van der Waals surface area contributed by atoms with E-state index in [9.17, 15) is 0 Å². The van der Waals surface area contributed by atoms with Crippen LogP contribution in [0.25, 0.3) is 0 Å². The summed E-state index contributed by atoms with van der Waals surface area (Å²) in [5.41, 5.74) is 0.0647.